The van der Waals surface area contributed by atoms with Crippen LogP contribution in [-0.4, -0.2) is 23.2 Å². The van der Waals surface area contributed by atoms with Crippen molar-refractivity contribution in [3.63, 3.8) is 0 Å². The Balaban J connectivity index is 0.00000220. The van der Waals surface area contributed by atoms with Crippen LogP contribution in [0.5, 0.6) is 0 Å². The van der Waals surface area contributed by atoms with Crippen LogP contribution in [-0.2, 0) is 21.8 Å². The van der Waals surface area contributed by atoms with E-state index in [0.717, 1.165) is 0 Å². The van der Waals surface area contributed by atoms with Crippen LogP contribution in [0, 0.1) is 0 Å². The molecule has 0 aliphatic heterocycles. The van der Waals surface area contributed by atoms with Gasteiger partial charge in [0.2, 0.25) is 0 Å². The smallest absolute Gasteiger partial charge is 0.412 e. The summed E-state index contributed by atoms with van der Waals surface area (Å²) in [7, 11) is 1.28. The molecule has 0 radical (unpaired) electrons. The molecule has 2 aromatic heterocycles. The zero-order valence-corrected chi connectivity index (χ0v) is 12.8. The predicted molar refractivity (Wildman–Crippen MR) is 77.2 cm³/mol. The number of hydrogen-bond donors (Lipinski definition) is 3. The van der Waals surface area contributed by atoms with Gasteiger partial charge in [0.1, 0.15) is 11.0 Å². The van der Waals surface area contributed by atoms with Gasteiger partial charge in [-0.15, -0.1) is 0 Å². The third-order valence-electron chi connectivity index (χ3n) is 2.36. The van der Waals surface area contributed by atoms with Crippen molar-refractivity contribution in [2.75, 3.05) is 23.5 Å². The molecule has 0 aliphatic rings. The molecule has 0 aliphatic carbocycles. The largest absolute Gasteiger partial charge is 0.453 e. The number of aromatic nitrogens is 2. The molecular formula is C12H12ClFeN5O2. The molecule has 2 heterocycles. The van der Waals surface area contributed by atoms with Crippen molar-refractivity contribution < 1.29 is 26.6 Å². The molecule has 0 atom stereocenters. The number of carbonyl (C=O) groups excluding carboxylic acids is 1. The van der Waals surface area contributed by atoms with Crippen molar-refractivity contribution in [3.8, 4) is 0 Å². The third-order valence-corrected chi connectivity index (χ3v) is 2.57. The molecule has 4 N–H and O–H groups in total. The summed E-state index contributed by atoms with van der Waals surface area (Å²) in [6, 6.07) is 4.96. The van der Waals surface area contributed by atoms with E-state index < -0.39 is 6.09 Å². The second-order valence-corrected chi connectivity index (χ2v) is 4.16. The maximum absolute atomic E-state index is 11.0. The number of amides is 1. The summed E-state index contributed by atoms with van der Waals surface area (Å²) in [6.45, 7) is 0. The van der Waals surface area contributed by atoms with Gasteiger partial charge in [-0.05, 0) is 12.1 Å². The molecule has 112 valence electrons. The second-order valence-electron chi connectivity index (χ2n) is 3.77. The molecule has 1 amide bonds. The van der Waals surface area contributed by atoms with Gasteiger partial charge in [-0.1, -0.05) is 11.6 Å². The number of nitrogens with one attached hydrogen (secondary N) is 2. The van der Waals surface area contributed by atoms with Gasteiger partial charge in [0.05, 0.1) is 36.6 Å². The average molecular weight is 350 g/mol. The van der Waals surface area contributed by atoms with Crippen molar-refractivity contribution >= 4 is 40.6 Å². The molecule has 2 rings (SSSR count). The Morgan fingerprint density at radius 3 is 2.71 bits per heavy atom. The molecule has 9 heteroatoms. The first-order valence-electron chi connectivity index (χ1n) is 5.57. The zero-order valence-electron chi connectivity index (χ0n) is 10.9. The number of nitrogens with zero attached hydrogens (tertiary/aromatic N) is 2. The average Bonchev–Trinajstić information content (AvgIpc) is 2.45. The topological polar surface area (TPSA) is 102 Å². The summed E-state index contributed by atoms with van der Waals surface area (Å²) in [4.78, 5) is 18.9. The van der Waals surface area contributed by atoms with E-state index in [0.29, 0.717) is 28.0 Å². The minimum Gasteiger partial charge on any atom is -0.453 e. The van der Waals surface area contributed by atoms with Crippen LogP contribution >= 0.6 is 11.6 Å². The van der Waals surface area contributed by atoms with E-state index >= 15 is 0 Å². The minimum absolute atomic E-state index is 0. The standard InChI is InChI=1S/C12H12ClN5O2.Fe/c1-20-12(19)18-11-3-2-7(5-16-11)17-9-4-10(13)15-6-8(9)14;/h2-6H,14H2,1H3,(H,15,17)(H,16,18,19);. The number of methoxy groups -OCH3 is 1. The van der Waals surface area contributed by atoms with Gasteiger partial charge in [0, 0.05) is 23.1 Å². The van der Waals surface area contributed by atoms with Crippen LogP contribution in [0.15, 0.2) is 30.6 Å². The van der Waals surface area contributed by atoms with E-state index in [1.165, 1.54) is 13.3 Å². The van der Waals surface area contributed by atoms with Gasteiger partial charge < -0.3 is 15.8 Å². The molecule has 0 aromatic carbocycles. The van der Waals surface area contributed by atoms with E-state index in [1.807, 2.05) is 0 Å². The molecular weight excluding hydrogens is 337 g/mol. The zero-order chi connectivity index (χ0) is 14.5. The maximum Gasteiger partial charge on any atom is 0.412 e. The predicted octanol–water partition coefficient (Wildman–Crippen LogP) is 2.63. The molecule has 0 bridgehead atoms. The fraction of sp³-hybridized carbons (Fsp3) is 0.0833. The molecule has 7 nitrogen and oxygen atoms in total. The van der Waals surface area contributed by atoms with Gasteiger partial charge in [-0.2, -0.15) is 0 Å². The van der Waals surface area contributed by atoms with Gasteiger partial charge in [0.25, 0.3) is 0 Å². The number of pyridine rings is 2. The van der Waals surface area contributed by atoms with Gasteiger partial charge in [-0.25, -0.2) is 14.8 Å². The Morgan fingerprint density at radius 1 is 1.33 bits per heavy atom. The van der Waals surface area contributed by atoms with Crippen LogP contribution < -0.4 is 16.4 Å². The molecule has 0 unspecified atom stereocenters. The van der Waals surface area contributed by atoms with E-state index in [4.69, 9.17) is 17.3 Å². The van der Waals surface area contributed by atoms with Crippen LogP contribution in [0.4, 0.5) is 27.7 Å². The van der Waals surface area contributed by atoms with Gasteiger partial charge in [0.15, 0.2) is 0 Å². The molecule has 2 aromatic rings. The Morgan fingerprint density at radius 2 is 2.10 bits per heavy atom. The van der Waals surface area contributed by atoms with Gasteiger partial charge in [-0.3, -0.25) is 5.32 Å². The summed E-state index contributed by atoms with van der Waals surface area (Å²) < 4.78 is 4.47. The number of nitrogens with two attached hydrogens (primary N) is 1. The third kappa shape index (κ3) is 4.78. The first-order valence-corrected chi connectivity index (χ1v) is 5.95. The van der Waals surface area contributed by atoms with Crippen LogP contribution in [0.3, 0.4) is 0 Å². The van der Waals surface area contributed by atoms with E-state index in [9.17, 15) is 4.79 Å². The summed E-state index contributed by atoms with van der Waals surface area (Å²) in [5.41, 5.74) is 7.55. The van der Waals surface area contributed by atoms with Crippen LogP contribution in [0.25, 0.3) is 0 Å². The Hall–Kier alpha value is -2.02. The maximum atomic E-state index is 11.0. The second kappa shape index (κ2) is 7.68. The molecule has 0 saturated heterocycles. The number of carbonyl (C=O) groups is 1. The first-order chi connectivity index (χ1) is 9.58. The van der Waals surface area contributed by atoms with Crippen molar-refractivity contribution in [2.24, 2.45) is 0 Å². The van der Waals surface area contributed by atoms with Crippen LogP contribution in [0.2, 0.25) is 5.15 Å². The number of anilines is 4. The summed E-state index contributed by atoms with van der Waals surface area (Å²) in [6.07, 6.45) is 2.42. The molecule has 0 fully saturated rings. The quantitative estimate of drug-likeness (QED) is 0.581. The van der Waals surface area contributed by atoms with Crippen molar-refractivity contribution in [3.05, 3.63) is 35.7 Å². The fourth-order valence-corrected chi connectivity index (χ4v) is 1.56. The fourth-order valence-electron chi connectivity index (χ4n) is 1.40. The monoisotopic (exact) mass is 349 g/mol. The Kier molecular flexibility index (Phi) is 6.23. The minimum atomic E-state index is -0.580. The van der Waals surface area contributed by atoms with E-state index in [2.05, 4.69) is 25.3 Å². The Bertz CT molecular complexity index is 624. The van der Waals surface area contributed by atoms with Crippen molar-refractivity contribution in [2.45, 2.75) is 0 Å². The van der Waals surface area contributed by atoms with E-state index in [-0.39, 0.29) is 17.1 Å². The number of nitrogen functional groups attached to an aromatic ring is 1. The summed E-state index contributed by atoms with van der Waals surface area (Å²) in [5.74, 6) is 0.378. The first kappa shape index (κ1) is 17.0. The van der Waals surface area contributed by atoms with Crippen molar-refractivity contribution in [1.82, 2.24) is 9.97 Å². The SMILES string of the molecule is COC(=O)Nc1ccc(Nc2cc(Cl)ncc2N)cn1.[Fe]. The van der Waals surface area contributed by atoms with E-state index in [1.54, 1.807) is 24.4 Å². The van der Waals surface area contributed by atoms with Crippen molar-refractivity contribution in [1.29, 1.82) is 0 Å². The van der Waals surface area contributed by atoms with Gasteiger partial charge >= 0.3 is 6.09 Å². The number of halogens is 1. The van der Waals surface area contributed by atoms with Crippen LogP contribution in [0.1, 0.15) is 0 Å². The summed E-state index contributed by atoms with van der Waals surface area (Å²) in [5, 5.41) is 5.83. The Labute approximate surface area is 136 Å². The number of hydrogen-bond acceptors (Lipinski definition) is 6. The molecule has 0 saturated carbocycles. The molecule has 21 heavy (non-hydrogen) atoms. The summed E-state index contributed by atoms with van der Waals surface area (Å²) >= 11 is 5.80. The number of ether oxygens (including phenoxy) is 1. The molecule has 0 spiro atoms. The normalized spacial score (nSPS) is 9.43. The number of rotatable bonds is 3.